The van der Waals surface area contributed by atoms with Crippen molar-refractivity contribution in [2.24, 2.45) is 0 Å². The van der Waals surface area contributed by atoms with Crippen LogP contribution >= 0.6 is 23.2 Å². The summed E-state index contributed by atoms with van der Waals surface area (Å²) in [6.07, 6.45) is 5.27. The molecule has 0 spiro atoms. The molecule has 4 rings (SSSR count). The van der Waals surface area contributed by atoms with E-state index in [9.17, 15) is 0 Å². The van der Waals surface area contributed by atoms with Crippen LogP contribution in [0.5, 0.6) is 0 Å². The fourth-order valence-corrected chi connectivity index (χ4v) is 3.41. The van der Waals surface area contributed by atoms with E-state index in [1.54, 1.807) is 12.5 Å². The smallest absolute Gasteiger partial charge is 0.226 e. The Labute approximate surface area is 196 Å². The van der Waals surface area contributed by atoms with Gasteiger partial charge in [0.15, 0.2) is 0 Å². The zero-order chi connectivity index (χ0) is 22.2. The van der Waals surface area contributed by atoms with E-state index in [-0.39, 0.29) is 0 Å². The van der Waals surface area contributed by atoms with Crippen molar-refractivity contribution in [2.45, 2.75) is 13.1 Å². The van der Waals surface area contributed by atoms with E-state index >= 15 is 0 Å². The lowest BCUT2D eigenvalue weighted by atomic mass is 10.2. The molecule has 0 aliphatic carbocycles. The summed E-state index contributed by atoms with van der Waals surface area (Å²) < 4.78 is 1.84. The molecule has 0 bridgehead atoms. The van der Waals surface area contributed by atoms with E-state index in [0.29, 0.717) is 24.1 Å². The average Bonchev–Trinajstić information content (AvgIpc) is 3.34. The van der Waals surface area contributed by atoms with Gasteiger partial charge in [-0.15, -0.1) is 0 Å². The van der Waals surface area contributed by atoms with Crippen LogP contribution in [-0.2, 0) is 13.1 Å². The number of rotatable bonds is 10. The molecule has 0 atom stereocenters. The minimum atomic E-state index is 0.521. The molecule has 0 radical (unpaired) electrons. The van der Waals surface area contributed by atoms with E-state index in [4.69, 9.17) is 23.2 Å². The highest BCUT2D eigenvalue weighted by Crippen LogP contribution is 2.16. The van der Waals surface area contributed by atoms with E-state index in [2.05, 4.69) is 30.9 Å². The summed E-state index contributed by atoms with van der Waals surface area (Å²) >= 11 is 12.0. The number of anilines is 2. The third kappa shape index (κ3) is 6.43. The van der Waals surface area contributed by atoms with Crippen molar-refractivity contribution in [1.82, 2.24) is 24.8 Å². The Kier molecular flexibility index (Phi) is 7.55. The first-order valence-electron chi connectivity index (χ1n) is 10.2. The van der Waals surface area contributed by atoms with Gasteiger partial charge in [-0.2, -0.15) is 9.97 Å². The number of aromatic nitrogens is 4. The zero-order valence-electron chi connectivity index (χ0n) is 17.3. The highest BCUT2D eigenvalue weighted by molar-refractivity contribution is 6.30. The first-order valence-corrected chi connectivity index (χ1v) is 11.0. The Morgan fingerprint density at radius 3 is 2.47 bits per heavy atom. The molecule has 0 amide bonds. The number of nitrogens with one attached hydrogen (secondary N) is 3. The molecule has 3 N–H and O–H groups in total. The number of imidazole rings is 1. The van der Waals surface area contributed by atoms with Crippen molar-refractivity contribution in [3.8, 4) is 5.82 Å². The van der Waals surface area contributed by atoms with Crippen LogP contribution < -0.4 is 16.0 Å². The van der Waals surface area contributed by atoms with E-state index in [0.717, 1.165) is 35.3 Å². The van der Waals surface area contributed by atoms with Crippen LogP contribution in [0.2, 0.25) is 10.0 Å². The Hall–Kier alpha value is -3.13. The fourth-order valence-electron chi connectivity index (χ4n) is 3.07. The lowest BCUT2D eigenvalue weighted by Gasteiger charge is -2.12. The highest BCUT2D eigenvalue weighted by Gasteiger charge is 2.07. The van der Waals surface area contributed by atoms with Crippen LogP contribution in [0.15, 0.2) is 73.3 Å². The molecule has 2 aromatic heterocycles. The van der Waals surface area contributed by atoms with Gasteiger partial charge in [0.2, 0.25) is 5.95 Å². The van der Waals surface area contributed by atoms with E-state index in [1.807, 2.05) is 65.4 Å². The second-order valence-electron chi connectivity index (χ2n) is 7.12. The SMILES string of the molecule is Clc1ccc(CNCCNc2cc(-n3ccnc3)nc(NCc3cccc(Cl)c3)n2)cc1. The molecule has 164 valence electrons. The summed E-state index contributed by atoms with van der Waals surface area (Å²) in [6, 6.07) is 17.4. The normalized spacial score (nSPS) is 10.8. The molecule has 7 nitrogen and oxygen atoms in total. The van der Waals surface area contributed by atoms with Gasteiger partial charge < -0.3 is 16.0 Å². The lowest BCUT2D eigenvalue weighted by Crippen LogP contribution is -2.22. The van der Waals surface area contributed by atoms with Crippen molar-refractivity contribution >= 4 is 35.0 Å². The second kappa shape index (κ2) is 10.9. The molecule has 4 aromatic rings. The number of benzene rings is 2. The van der Waals surface area contributed by atoms with Gasteiger partial charge in [-0.3, -0.25) is 4.57 Å². The highest BCUT2D eigenvalue weighted by atomic mass is 35.5. The van der Waals surface area contributed by atoms with Gasteiger partial charge >= 0.3 is 0 Å². The molecule has 9 heteroatoms. The molecule has 0 aliphatic rings. The van der Waals surface area contributed by atoms with E-state index in [1.165, 1.54) is 5.56 Å². The van der Waals surface area contributed by atoms with Crippen LogP contribution in [0.1, 0.15) is 11.1 Å². The van der Waals surface area contributed by atoms with Gasteiger partial charge in [0.25, 0.3) is 0 Å². The lowest BCUT2D eigenvalue weighted by molar-refractivity contribution is 0.706. The molecule has 2 heterocycles. The summed E-state index contributed by atoms with van der Waals surface area (Å²) in [7, 11) is 0. The maximum absolute atomic E-state index is 6.08. The third-order valence-corrected chi connectivity index (χ3v) is 5.16. The Balaban J connectivity index is 1.37. The van der Waals surface area contributed by atoms with Crippen molar-refractivity contribution in [1.29, 1.82) is 0 Å². The van der Waals surface area contributed by atoms with Gasteiger partial charge in [-0.05, 0) is 35.4 Å². The number of hydrogen-bond acceptors (Lipinski definition) is 6. The summed E-state index contributed by atoms with van der Waals surface area (Å²) in [4.78, 5) is 13.3. The monoisotopic (exact) mass is 467 g/mol. The molecule has 0 aliphatic heterocycles. The summed E-state index contributed by atoms with van der Waals surface area (Å²) in [6.45, 7) is 2.82. The van der Waals surface area contributed by atoms with Crippen LogP contribution in [0.4, 0.5) is 11.8 Å². The Bertz CT molecular complexity index is 1130. The molecule has 0 fully saturated rings. The quantitative estimate of drug-likeness (QED) is 0.291. The van der Waals surface area contributed by atoms with Crippen molar-refractivity contribution in [2.75, 3.05) is 23.7 Å². The predicted octanol–water partition coefficient (Wildman–Crippen LogP) is 4.78. The van der Waals surface area contributed by atoms with Crippen LogP contribution in [0, 0.1) is 0 Å². The molecular formula is C23H23Cl2N7. The summed E-state index contributed by atoms with van der Waals surface area (Å²) in [5.74, 6) is 1.97. The second-order valence-corrected chi connectivity index (χ2v) is 7.99. The third-order valence-electron chi connectivity index (χ3n) is 4.67. The standard InChI is InChI=1S/C23H23Cl2N7/c24-19-6-4-17(5-7-19)14-26-8-9-28-21-13-22(32-11-10-27-16-32)31-23(30-21)29-15-18-2-1-3-20(25)12-18/h1-7,10-13,16,26H,8-9,14-15H2,(H2,28,29,30,31). The van der Waals surface area contributed by atoms with Gasteiger partial charge in [0.1, 0.15) is 18.0 Å². The topological polar surface area (TPSA) is 79.7 Å². The van der Waals surface area contributed by atoms with Gasteiger partial charge in [0.05, 0.1) is 0 Å². The maximum Gasteiger partial charge on any atom is 0.226 e. The zero-order valence-corrected chi connectivity index (χ0v) is 18.8. The van der Waals surface area contributed by atoms with Crippen LogP contribution in [-0.4, -0.2) is 32.6 Å². The largest absolute Gasteiger partial charge is 0.369 e. The number of nitrogens with zero attached hydrogens (tertiary/aromatic N) is 4. The fraction of sp³-hybridized carbons (Fsp3) is 0.174. The van der Waals surface area contributed by atoms with Crippen LogP contribution in [0.25, 0.3) is 5.82 Å². The van der Waals surface area contributed by atoms with Crippen molar-refractivity contribution < 1.29 is 0 Å². The first-order chi connectivity index (χ1) is 15.7. The Morgan fingerprint density at radius 1 is 0.812 bits per heavy atom. The van der Waals surface area contributed by atoms with Crippen LogP contribution in [0.3, 0.4) is 0 Å². The van der Waals surface area contributed by atoms with Crippen molar-refractivity contribution in [3.63, 3.8) is 0 Å². The molecular weight excluding hydrogens is 445 g/mol. The van der Waals surface area contributed by atoms with Gasteiger partial charge in [-0.25, -0.2) is 4.98 Å². The molecule has 0 unspecified atom stereocenters. The minimum Gasteiger partial charge on any atom is -0.369 e. The predicted molar refractivity (Wildman–Crippen MR) is 130 cm³/mol. The minimum absolute atomic E-state index is 0.521. The average molecular weight is 468 g/mol. The molecule has 0 saturated carbocycles. The number of halogens is 2. The summed E-state index contributed by atoms with van der Waals surface area (Å²) in [5, 5.41) is 11.5. The summed E-state index contributed by atoms with van der Waals surface area (Å²) in [5.41, 5.74) is 2.24. The Morgan fingerprint density at radius 2 is 1.69 bits per heavy atom. The van der Waals surface area contributed by atoms with Crippen molar-refractivity contribution in [3.05, 3.63) is 94.5 Å². The first kappa shape index (κ1) is 22.1. The molecule has 2 aromatic carbocycles. The van der Waals surface area contributed by atoms with Gasteiger partial charge in [-0.1, -0.05) is 47.5 Å². The van der Waals surface area contributed by atoms with E-state index < -0.39 is 0 Å². The number of hydrogen-bond donors (Lipinski definition) is 3. The molecule has 32 heavy (non-hydrogen) atoms. The maximum atomic E-state index is 6.08. The molecule has 0 saturated heterocycles. The van der Waals surface area contributed by atoms with Gasteiger partial charge in [0, 0.05) is 54.7 Å².